The average Bonchev–Trinajstić information content (AvgIpc) is 3.04. The van der Waals surface area contributed by atoms with Gasteiger partial charge in [-0.25, -0.2) is 0 Å². The van der Waals surface area contributed by atoms with E-state index in [9.17, 15) is 9.59 Å². The quantitative estimate of drug-likeness (QED) is 0.782. The molecule has 0 spiro atoms. The maximum Gasteiger partial charge on any atom is 0.274 e. The Balaban J connectivity index is 1.41. The zero-order chi connectivity index (χ0) is 20.6. The van der Waals surface area contributed by atoms with Crippen LogP contribution in [0.1, 0.15) is 81.4 Å². The van der Waals surface area contributed by atoms with Crippen molar-refractivity contribution < 1.29 is 9.59 Å². The van der Waals surface area contributed by atoms with Crippen LogP contribution in [0.25, 0.3) is 0 Å². The minimum atomic E-state index is -0.289. The normalized spacial score (nSPS) is 17.5. The molecule has 2 aliphatic carbocycles. The lowest BCUT2D eigenvalue weighted by atomic mass is 10.1. The molecule has 8 heteroatoms. The molecule has 29 heavy (non-hydrogen) atoms. The van der Waals surface area contributed by atoms with Gasteiger partial charge in [0.15, 0.2) is 0 Å². The van der Waals surface area contributed by atoms with Crippen molar-refractivity contribution >= 4 is 17.5 Å². The molecule has 8 nitrogen and oxygen atoms in total. The highest BCUT2D eigenvalue weighted by molar-refractivity contribution is 6.03. The third-order valence-corrected chi connectivity index (χ3v) is 5.51. The van der Waals surface area contributed by atoms with Gasteiger partial charge in [-0.3, -0.25) is 19.0 Å². The molecule has 2 aromatic heterocycles. The number of aromatic nitrogens is 4. The first-order chi connectivity index (χ1) is 13.8. The van der Waals surface area contributed by atoms with Gasteiger partial charge in [-0.15, -0.1) is 0 Å². The summed E-state index contributed by atoms with van der Waals surface area (Å²) in [5.41, 5.74) is 1.82. The molecule has 0 saturated heterocycles. The van der Waals surface area contributed by atoms with Crippen LogP contribution in [0.5, 0.6) is 0 Å². The molecule has 2 saturated carbocycles. The zero-order valence-corrected chi connectivity index (χ0v) is 17.4. The fourth-order valence-corrected chi connectivity index (χ4v) is 3.85. The molecular formula is C21H30N6O2. The third kappa shape index (κ3) is 4.68. The summed E-state index contributed by atoms with van der Waals surface area (Å²) in [6.45, 7) is 6.26. The van der Waals surface area contributed by atoms with E-state index in [1.807, 2.05) is 26.8 Å². The lowest BCUT2D eigenvalue weighted by molar-refractivity contribution is -0.122. The van der Waals surface area contributed by atoms with E-state index in [0.29, 0.717) is 17.3 Å². The van der Waals surface area contributed by atoms with Crippen molar-refractivity contribution in [3.63, 3.8) is 0 Å². The molecule has 0 aliphatic heterocycles. The van der Waals surface area contributed by atoms with E-state index in [1.54, 1.807) is 21.8 Å². The van der Waals surface area contributed by atoms with Gasteiger partial charge < -0.3 is 10.6 Å². The predicted octanol–water partition coefficient (Wildman–Crippen LogP) is 3.02. The molecule has 2 fully saturated rings. The smallest absolute Gasteiger partial charge is 0.274 e. The Bertz CT molecular complexity index is 897. The summed E-state index contributed by atoms with van der Waals surface area (Å²) in [5, 5.41) is 14.8. The predicted molar refractivity (Wildman–Crippen MR) is 110 cm³/mol. The van der Waals surface area contributed by atoms with Gasteiger partial charge in [-0.05, 0) is 52.5 Å². The standard InChI is InChI=1S/C21H30N6O2/c1-21(2,3)27-18(10-17(25-27)14-8-9-14)20(29)24-16-11-22-26(12-16)13-19(28)23-15-6-4-5-7-15/h10-12,14-15H,4-9,13H2,1-3H3,(H,23,28)(H,24,29). The fourth-order valence-electron chi connectivity index (χ4n) is 3.85. The first-order valence-electron chi connectivity index (χ1n) is 10.5. The van der Waals surface area contributed by atoms with Gasteiger partial charge in [0.05, 0.1) is 23.1 Å². The second-order valence-electron chi connectivity index (χ2n) is 9.24. The Morgan fingerprint density at radius 1 is 1.17 bits per heavy atom. The second kappa shape index (κ2) is 7.65. The molecule has 0 aromatic carbocycles. The molecule has 0 bridgehead atoms. The third-order valence-electron chi connectivity index (χ3n) is 5.51. The Morgan fingerprint density at radius 3 is 2.55 bits per heavy atom. The Labute approximate surface area is 171 Å². The van der Waals surface area contributed by atoms with Crippen LogP contribution < -0.4 is 10.6 Å². The van der Waals surface area contributed by atoms with Crippen molar-refractivity contribution in [2.24, 2.45) is 0 Å². The minimum Gasteiger partial charge on any atom is -0.352 e. The topological polar surface area (TPSA) is 93.8 Å². The summed E-state index contributed by atoms with van der Waals surface area (Å²) in [6, 6.07) is 2.19. The Morgan fingerprint density at radius 2 is 1.90 bits per heavy atom. The Hall–Kier alpha value is -2.64. The van der Waals surface area contributed by atoms with E-state index in [4.69, 9.17) is 0 Å². The van der Waals surface area contributed by atoms with Gasteiger partial charge in [0.1, 0.15) is 12.2 Å². The minimum absolute atomic E-state index is 0.0437. The molecule has 0 unspecified atom stereocenters. The number of hydrogen-bond acceptors (Lipinski definition) is 4. The van der Waals surface area contributed by atoms with Crippen molar-refractivity contribution in [3.05, 3.63) is 29.8 Å². The number of nitrogens with one attached hydrogen (secondary N) is 2. The van der Waals surface area contributed by atoms with Gasteiger partial charge >= 0.3 is 0 Å². The van der Waals surface area contributed by atoms with E-state index < -0.39 is 0 Å². The summed E-state index contributed by atoms with van der Waals surface area (Å²) in [4.78, 5) is 25.1. The first kappa shape index (κ1) is 19.7. The summed E-state index contributed by atoms with van der Waals surface area (Å²) in [5.74, 6) is 0.221. The Kier molecular flexibility index (Phi) is 5.19. The molecule has 4 rings (SSSR count). The summed E-state index contributed by atoms with van der Waals surface area (Å²) in [7, 11) is 0. The summed E-state index contributed by atoms with van der Waals surface area (Å²) < 4.78 is 3.35. The number of amides is 2. The molecule has 2 aromatic rings. The van der Waals surface area contributed by atoms with Crippen LogP contribution in [-0.4, -0.2) is 37.4 Å². The maximum atomic E-state index is 12.9. The molecule has 156 valence electrons. The number of rotatable bonds is 6. The second-order valence-corrected chi connectivity index (χ2v) is 9.24. The monoisotopic (exact) mass is 398 g/mol. The lowest BCUT2D eigenvalue weighted by Crippen LogP contribution is -2.35. The van der Waals surface area contributed by atoms with Crippen LogP contribution >= 0.6 is 0 Å². The van der Waals surface area contributed by atoms with Crippen LogP contribution in [0.4, 0.5) is 5.69 Å². The summed E-state index contributed by atoms with van der Waals surface area (Å²) >= 11 is 0. The molecular weight excluding hydrogens is 368 g/mol. The molecule has 2 aliphatic rings. The van der Waals surface area contributed by atoms with Gasteiger partial charge in [0.25, 0.3) is 5.91 Å². The van der Waals surface area contributed by atoms with Gasteiger partial charge in [0, 0.05) is 18.2 Å². The average molecular weight is 399 g/mol. The van der Waals surface area contributed by atoms with Crippen LogP contribution in [-0.2, 0) is 16.9 Å². The van der Waals surface area contributed by atoms with E-state index in [1.165, 1.54) is 12.8 Å². The molecule has 2 amide bonds. The largest absolute Gasteiger partial charge is 0.352 e. The highest BCUT2D eigenvalue weighted by atomic mass is 16.2. The highest BCUT2D eigenvalue weighted by Gasteiger charge is 2.31. The first-order valence-corrected chi connectivity index (χ1v) is 10.5. The molecule has 0 radical (unpaired) electrons. The van der Waals surface area contributed by atoms with E-state index in [-0.39, 0.29) is 29.9 Å². The van der Waals surface area contributed by atoms with Crippen molar-refractivity contribution in [2.75, 3.05) is 5.32 Å². The van der Waals surface area contributed by atoms with Crippen molar-refractivity contribution in [3.8, 4) is 0 Å². The van der Waals surface area contributed by atoms with Gasteiger partial charge in [-0.2, -0.15) is 10.2 Å². The van der Waals surface area contributed by atoms with E-state index in [2.05, 4.69) is 20.8 Å². The van der Waals surface area contributed by atoms with Crippen molar-refractivity contribution in [1.82, 2.24) is 24.9 Å². The van der Waals surface area contributed by atoms with E-state index in [0.717, 1.165) is 31.4 Å². The van der Waals surface area contributed by atoms with Crippen molar-refractivity contribution in [2.45, 2.75) is 83.3 Å². The van der Waals surface area contributed by atoms with Gasteiger partial charge in [-0.1, -0.05) is 12.8 Å². The van der Waals surface area contributed by atoms with Crippen LogP contribution in [0, 0.1) is 0 Å². The van der Waals surface area contributed by atoms with E-state index >= 15 is 0 Å². The van der Waals surface area contributed by atoms with Crippen LogP contribution in [0.15, 0.2) is 18.5 Å². The molecule has 0 atom stereocenters. The highest BCUT2D eigenvalue weighted by Crippen LogP contribution is 2.40. The number of nitrogens with zero attached hydrogens (tertiary/aromatic N) is 4. The maximum absolute atomic E-state index is 12.9. The number of carbonyl (C=O) groups is 2. The van der Waals surface area contributed by atoms with Crippen LogP contribution in [0.2, 0.25) is 0 Å². The summed E-state index contributed by atoms with van der Waals surface area (Å²) in [6.07, 6.45) is 9.99. The van der Waals surface area contributed by atoms with Crippen molar-refractivity contribution in [1.29, 1.82) is 0 Å². The SMILES string of the molecule is CC(C)(C)n1nc(C2CC2)cc1C(=O)Nc1cnn(CC(=O)NC2CCCC2)c1. The van der Waals surface area contributed by atoms with Gasteiger partial charge in [0.2, 0.25) is 5.91 Å². The number of carbonyl (C=O) groups excluding carboxylic acids is 2. The lowest BCUT2D eigenvalue weighted by Gasteiger charge is -2.21. The zero-order valence-electron chi connectivity index (χ0n) is 17.4. The number of anilines is 1. The fraction of sp³-hybridized carbons (Fsp3) is 0.619. The van der Waals surface area contributed by atoms with Crippen LogP contribution in [0.3, 0.4) is 0 Å². The number of hydrogen-bond donors (Lipinski definition) is 2. The molecule has 2 heterocycles. The molecule has 2 N–H and O–H groups in total.